The van der Waals surface area contributed by atoms with Crippen LogP contribution in [0.4, 0.5) is 0 Å². The van der Waals surface area contributed by atoms with Crippen LogP contribution in [0.2, 0.25) is 0 Å². The van der Waals surface area contributed by atoms with Crippen LogP contribution in [0, 0.1) is 11.8 Å². The van der Waals surface area contributed by atoms with Crippen LogP contribution in [0.15, 0.2) is 24.3 Å². The van der Waals surface area contributed by atoms with E-state index < -0.39 is 0 Å². The molecular weight excluding hydrogens is 210 g/mol. The van der Waals surface area contributed by atoms with Crippen LogP contribution in [-0.2, 0) is 0 Å². The molecule has 2 nitrogen and oxygen atoms in total. The Morgan fingerprint density at radius 2 is 1.94 bits per heavy atom. The minimum absolute atomic E-state index is 0.696. The molecule has 1 N–H and O–H groups in total. The number of methoxy groups -OCH3 is 1. The summed E-state index contributed by atoms with van der Waals surface area (Å²) < 4.78 is 5.22. The van der Waals surface area contributed by atoms with Gasteiger partial charge < -0.3 is 10.1 Å². The van der Waals surface area contributed by atoms with E-state index in [1.807, 2.05) is 0 Å². The summed E-state index contributed by atoms with van der Waals surface area (Å²) in [6.45, 7) is 6.94. The topological polar surface area (TPSA) is 21.3 Å². The largest absolute Gasteiger partial charge is 0.497 e. The minimum atomic E-state index is 0.696. The van der Waals surface area contributed by atoms with Crippen molar-refractivity contribution in [1.29, 1.82) is 0 Å². The number of nitrogens with one attached hydrogen (secondary N) is 1. The molecule has 94 valence electrons. The van der Waals surface area contributed by atoms with E-state index in [1.165, 1.54) is 12.0 Å². The highest BCUT2D eigenvalue weighted by molar-refractivity contribution is 5.30. The average Bonchev–Trinajstić information content (AvgIpc) is 2.39. The minimum Gasteiger partial charge on any atom is -0.497 e. The first-order chi connectivity index (χ1) is 8.22. The van der Waals surface area contributed by atoms with Gasteiger partial charge in [-0.05, 0) is 55.0 Å². The Morgan fingerprint density at radius 1 is 1.24 bits per heavy atom. The molecule has 17 heavy (non-hydrogen) atoms. The molecule has 2 unspecified atom stereocenters. The van der Waals surface area contributed by atoms with Crippen LogP contribution in [0.25, 0.3) is 0 Å². The van der Waals surface area contributed by atoms with Crippen molar-refractivity contribution in [1.82, 2.24) is 5.32 Å². The van der Waals surface area contributed by atoms with Crippen LogP contribution in [-0.4, -0.2) is 20.2 Å². The van der Waals surface area contributed by atoms with E-state index >= 15 is 0 Å². The Hall–Kier alpha value is -1.02. The quantitative estimate of drug-likeness (QED) is 0.866. The summed E-state index contributed by atoms with van der Waals surface area (Å²) in [6.07, 6.45) is 1.25. The predicted octanol–water partition coefficient (Wildman–Crippen LogP) is 3.04. The first-order valence-corrected chi connectivity index (χ1v) is 6.57. The van der Waals surface area contributed by atoms with E-state index in [0.717, 1.165) is 30.7 Å². The zero-order valence-electron chi connectivity index (χ0n) is 11.1. The summed E-state index contributed by atoms with van der Waals surface area (Å²) >= 11 is 0. The fraction of sp³-hybridized carbons (Fsp3) is 0.600. The highest BCUT2D eigenvalue weighted by Gasteiger charge is 2.28. The van der Waals surface area contributed by atoms with E-state index in [-0.39, 0.29) is 0 Å². The molecule has 1 fully saturated rings. The Bertz CT molecular complexity index is 344. The Kier molecular flexibility index (Phi) is 4.06. The molecule has 1 aromatic rings. The van der Waals surface area contributed by atoms with Gasteiger partial charge in [-0.1, -0.05) is 26.0 Å². The van der Waals surface area contributed by atoms with Crippen LogP contribution in [0.5, 0.6) is 5.75 Å². The zero-order valence-corrected chi connectivity index (χ0v) is 11.1. The molecule has 1 heterocycles. The second-order valence-electron chi connectivity index (χ2n) is 5.28. The molecule has 2 rings (SSSR count). The molecule has 1 aromatic carbocycles. The lowest BCUT2D eigenvalue weighted by atomic mass is 9.75. The van der Waals surface area contributed by atoms with Gasteiger partial charge in [0.2, 0.25) is 0 Å². The van der Waals surface area contributed by atoms with Crippen molar-refractivity contribution >= 4 is 0 Å². The van der Waals surface area contributed by atoms with Gasteiger partial charge in [-0.3, -0.25) is 0 Å². The number of hydrogen-bond acceptors (Lipinski definition) is 2. The number of rotatable bonds is 3. The van der Waals surface area contributed by atoms with E-state index in [9.17, 15) is 0 Å². The van der Waals surface area contributed by atoms with Crippen LogP contribution >= 0.6 is 0 Å². The van der Waals surface area contributed by atoms with Crippen LogP contribution in [0.1, 0.15) is 31.7 Å². The molecule has 1 aliphatic heterocycles. The molecule has 0 amide bonds. The van der Waals surface area contributed by atoms with Crippen LogP contribution in [0.3, 0.4) is 0 Å². The number of hydrogen-bond donors (Lipinski definition) is 1. The lowest BCUT2D eigenvalue weighted by Crippen LogP contribution is -2.38. The predicted molar refractivity (Wildman–Crippen MR) is 71.5 cm³/mol. The maximum absolute atomic E-state index is 5.22. The molecule has 0 spiro atoms. The second-order valence-corrected chi connectivity index (χ2v) is 5.28. The lowest BCUT2D eigenvalue weighted by molar-refractivity contribution is 0.255. The van der Waals surface area contributed by atoms with Crippen molar-refractivity contribution in [2.45, 2.75) is 26.2 Å². The SMILES string of the molecule is COc1ccc(C2CCNCC2C(C)C)cc1. The molecule has 2 heteroatoms. The first kappa shape index (κ1) is 12.4. The van der Waals surface area contributed by atoms with Gasteiger partial charge in [-0.25, -0.2) is 0 Å². The van der Waals surface area contributed by atoms with Gasteiger partial charge in [-0.15, -0.1) is 0 Å². The van der Waals surface area contributed by atoms with Gasteiger partial charge in [0.1, 0.15) is 5.75 Å². The molecule has 1 aliphatic rings. The third-order valence-electron chi connectivity index (χ3n) is 3.93. The van der Waals surface area contributed by atoms with Gasteiger partial charge in [0.25, 0.3) is 0 Å². The maximum Gasteiger partial charge on any atom is 0.118 e. The van der Waals surface area contributed by atoms with E-state index in [1.54, 1.807) is 7.11 Å². The number of ether oxygens (including phenoxy) is 1. The normalized spacial score (nSPS) is 24.9. The van der Waals surface area contributed by atoms with Crippen LogP contribution < -0.4 is 10.1 Å². The second kappa shape index (κ2) is 5.54. The van der Waals surface area contributed by atoms with Crippen molar-refractivity contribution in [2.24, 2.45) is 11.8 Å². The smallest absolute Gasteiger partial charge is 0.118 e. The first-order valence-electron chi connectivity index (χ1n) is 6.57. The van der Waals surface area contributed by atoms with E-state index in [2.05, 4.69) is 43.4 Å². The van der Waals surface area contributed by atoms with Gasteiger partial charge in [0.15, 0.2) is 0 Å². The fourth-order valence-corrected chi connectivity index (χ4v) is 2.85. The van der Waals surface area contributed by atoms with Gasteiger partial charge >= 0.3 is 0 Å². The maximum atomic E-state index is 5.22. The van der Waals surface area contributed by atoms with Gasteiger partial charge in [-0.2, -0.15) is 0 Å². The summed E-state index contributed by atoms with van der Waals surface area (Å²) in [5.41, 5.74) is 1.46. The third-order valence-corrected chi connectivity index (χ3v) is 3.93. The Balaban J connectivity index is 2.17. The van der Waals surface area contributed by atoms with Crippen molar-refractivity contribution in [3.05, 3.63) is 29.8 Å². The highest BCUT2D eigenvalue weighted by Crippen LogP contribution is 2.35. The fourth-order valence-electron chi connectivity index (χ4n) is 2.85. The van der Waals surface area contributed by atoms with Crippen molar-refractivity contribution in [3.63, 3.8) is 0 Å². The lowest BCUT2D eigenvalue weighted by Gasteiger charge is -2.35. The summed E-state index contributed by atoms with van der Waals surface area (Å²) in [4.78, 5) is 0. The number of benzene rings is 1. The molecular formula is C15H23NO. The summed E-state index contributed by atoms with van der Waals surface area (Å²) in [5.74, 6) is 3.12. The van der Waals surface area contributed by atoms with Crippen molar-refractivity contribution in [3.8, 4) is 5.75 Å². The number of piperidine rings is 1. The van der Waals surface area contributed by atoms with E-state index in [4.69, 9.17) is 4.74 Å². The molecule has 0 aliphatic carbocycles. The summed E-state index contributed by atoms with van der Waals surface area (Å²) in [5, 5.41) is 3.51. The summed E-state index contributed by atoms with van der Waals surface area (Å²) in [7, 11) is 1.72. The third kappa shape index (κ3) is 2.81. The average molecular weight is 233 g/mol. The van der Waals surface area contributed by atoms with Crippen molar-refractivity contribution < 1.29 is 4.74 Å². The molecule has 1 saturated heterocycles. The van der Waals surface area contributed by atoms with Gasteiger partial charge in [0, 0.05) is 0 Å². The standard InChI is InChI=1S/C15H23NO/c1-11(2)15-10-16-9-8-14(15)12-4-6-13(17-3)7-5-12/h4-7,11,14-16H,8-10H2,1-3H3. The molecule has 0 bridgehead atoms. The highest BCUT2D eigenvalue weighted by atomic mass is 16.5. The Morgan fingerprint density at radius 3 is 2.53 bits per heavy atom. The monoisotopic (exact) mass is 233 g/mol. The molecule has 0 aromatic heterocycles. The molecule has 0 saturated carbocycles. The van der Waals surface area contributed by atoms with Gasteiger partial charge in [0.05, 0.1) is 7.11 Å². The Labute approximate surface area is 104 Å². The molecule has 0 radical (unpaired) electrons. The molecule has 2 atom stereocenters. The van der Waals surface area contributed by atoms with Crippen molar-refractivity contribution in [2.75, 3.05) is 20.2 Å². The zero-order chi connectivity index (χ0) is 12.3. The summed E-state index contributed by atoms with van der Waals surface area (Å²) in [6, 6.07) is 8.61. The van der Waals surface area contributed by atoms with E-state index in [0.29, 0.717) is 5.92 Å².